The smallest absolute Gasteiger partial charge is 0.251 e. The highest BCUT2D eigenvalue weighted by molar-refractivity contribution is 6.36. The number of carbonyl (C=O) groups excluding carboxylic acids is 2. The van der Waals surface area contributed by atoms with E-state index >= 15 is 0 Å². The van der Waals surface area contributed by atoms with Gasteiger partial charge in [0.05, 0.1) is 5.56 Å². The van der Waals surface area contributed by atoms with Crippen LogP contribution in [0.3, 0.4) is 0 Å². The predicted octanol–water partition coefficient (Wildman–Crippen LogP) is 5.64. The Hall–Kier alpha value is -3.79. The van der Waals surface area contributed by atoms with Crippen LogP contribution in [0.1, 0.15) is 63.7 Å². The van der Waals surface area contributed by atoms with Gasteiger partial charge >= 0.3 is 0 Å². The van der Waals surface area contributed by atoms with Gasteiger partial charge in [-0.2, -0.15) is 4.98 Å². The van der Waals surface area contributed by atoms with Gasteiger partial charge in [0.15, 0.2) is 11.6 Å². The molecule has 0 radical (unpaired) electrons. The van der Waals surface area contributed by atoms with Gasteiger partial charge in [-0.25, -0.2) is 9.97 Å². The topological polar surface area (TPSA) is 105 Å². The lowest BCUT2D eigenvalue weighted by molar-refractivity contribution is 0.0915. The van der Waals surface area contributed by atoms with Crippen LogP contribution in [0.15, 0.2) is 61.1 Å². The average Bonchev–Trinajstić information content (AvgIpc) is 3.45. The third-order valence-corrected chi connectivity index (χ3v) is 8.57. The fourth-order valence-electron chi connectivity index (χ4n) is 5.66. The number of rotatable bonds is 6. The molecule has 9 nitrogen and oxygen atoms in total. The lowest BCUT2D eigenvalue weighted by Gasteiger charge is -2.33. The number of nitrogens with one attached hydrogen (secondary N) is 2. The Kier molecular flexibility index (Phi) is 7.50. The molecule has 0 saturated heterocycles. The third kappa shape index (κ3) is 5.32. The fraction of sp³-hybridized carbons (Fsp3) is 0.300. The molecule has 2 N–H and O–H groups in total. The first-order valence-electron chi connectivity index (χ1n) is 13.5. The number of amides is 1. The second kappa shape index (κ2) is 11.2. The van der Waals surface area contributed by atoms with Gasteiger partial charge in [-0.15, -0.1) is 0 Å². The Morgan fingerprint density at radius 2 is 1.71 bits per heavy atom. The summed E-state index contributed by atoms with van der Waals surface area (Å²) in [6, 6.07) is 13.1. The molecule has 4 aromatic rings. The van der Waals surface area contributed by atoms with Gasteiger partial charge in [-0.05, 0) is 76.2 Å². The maximum Gasteiger partial charge on any atom is 0.251 e. The molecule has 41 heavy (non-hydrogen) atoms. The fourth-order valence-corrected chi connectivity index (χ4v) is 6.27. The van der Waals surface area contributed by atoms with Crippen LogP contribution in [0, 0.1) is 0 Å². The molecule has 1 saturated carbocycles. The van der Waals surface area contributed by atoms with Crippen LogP contribution in [-0.2, 0) is 0 Å². The molecule has 0 bridgehead atoms. The van der Waals surface area contributed by atoms with Gasteiger partial charge in [0.25, 0.3) is 5.91 Å². The van der Waals surface area contributed by atoms with Gasteiger partial charge in [0.1, 0.15) is 11.7 Å². The Morgan fingerprint density at radius 3 is 2.39 bits per heavy atom. The van der Waals surface area contributed by atoms with Crippen LogP contribution >= 0.6 is 23.2 Å². The Labute approximate surface area is 247 Å². The normalized spacial score (nSPS) is 19.9. The summed E-state index contributed by atoms with van der Waals surface area (Å²) in [6.07, 6.45) is 9.00. The van der Waals surface area contributed by atoms with Crippen LogP contribution < -0.4 is 10.6 Å². The molecular formula is C30H29Cl2N7O2. The van der Waals surface area contributed by atoms with E-state index in [0.29, 0.717) is 56.1 Å². The monoisotopic (exact) mass is 589 g/mol. The number of benzene rings is 2. The number of hydrogen-bond donors (Lipinski definition) is 2. The Morgan fingerprint density at radius 1 is 1.00 bits per heavy atom. The first-order valence-corrected chi connectivity index (χ1v) is 14.3. The minimum atomic E-state index is -0.775. The van der Waals surface area contributed by atoms with E-state index in [1.54, 1.807) is 47.3 Å². The number of carbonyl (C=O) groups is 2. The molecule has 0 spiro atoms. The lowest BCUT2D eigenvalue weighted by Crippen LogP contribution is -2.41. The second-order valence-electron chi connectivity index (χ2n) is 10.7. The Balaban J connectivity index is 1.17. The molecule has 2 aromatic carbocycles. The van der Waals surface area contributed by atoms with E-state index in [1.807, 2.05) is 12.1 Å². The average molecular weight is 591 g/mol. The summed E-state index contributed by atoms with van der Waals surface area (Å²) in [5.41, 5.74) is 2.15. The van der Waals surface area contributed by atoms with E-state index in [9.17, 15) is 9.59 Å². The van der Waals surface area contributed by atoms with Gasteiger partial charge in [-0.3, -0.25) is 14.2 Å². The van der Waals surface area contributed by atoms with Crippen LogP contribution in [0.4, 0.5) is 11.6 Å². The highest BCUT2D eigenvalue weighted by Crippen LogP contribution is 2.41. The van der Waals surface area contributed by atoms with Crippen LogP contribution in [0.2, 0.25) is 10.0 Å². The largest absolute Gasteiger partial charge is 0.349 e. The maximum absolute atomic E-state index is 13.6. The van der Waals surface area contributed by atoms with Crippen molar-refractivity contribution >= 4 is 46.5 Å². The van der Waals surface area contributed by atoms with Crippen molar-refractivity contribution in [2.75, 3.05) is 19.4 Å². The molecule has 1 fully saturated rings. The summed E-state index contributed by atoms with van der Waals surface area (Å²) < 4.78 is 1.76. The van der Waals surface area contributed by atoms with Crippen molar-refractivity contribution in [1.82, 2.24) is 29.7 Å². The van der Waals surface area contributed by atoms with E-state index in [0.717, 1.165) is 25.7 Å². The van der Waals surface area contributed by atoms with E-state index in [2.05, 4.69) is 44.6 Å². The van der Waals surface area contributed by atoms with Crippen LogP contribution in [-0.4, -0.2) is 62.3 Å². The molecule has 1 aliphatic heterocycles. The van der Waals surface area contributed by atoms with Crippen LogP contribution in [0.5, 0.6) is 0 Å². The van der Waals surface area contributed by atoms with Crippen molar-refractivity contribution in [3.05, 3.63) is 93.6 Å². The molecule has 1 atom stereocenters. The maximum atomic E-state index is 13.6. The van der Waals surface area contributed by atoms with Crippen molar-refractivity contribution in [2.45, 2.75) is 43.7 Å². The second-order valence-corrected chi connectivity index (χ2v) is 11.5. The van der Waals surface area contributed by atoms with E-state index < -0.39 is 5.92 Å². The molecule has 1 unspecified atom stereocenters. The highest BCUT2D eigenvalue weighted by atomic mass is 35.5. The highest BCUT2D eigenvalue weighted by Gasteiger charge is 2.38. The van der Waals surface area contributed by atoms with Crippen molar-refractivity contribution in [3.63, 3.8) is 0 Å². The van der Waals surface area contributed by atoms with E-state index in [1.165, 1.54) is 6.20 Å². The summed E-state index contributed by atoms with van der Waals surface area (Å²) in [6.45, 7) is 0. The minimum Gasteiger partial charge on any atom is -0.349 e. The quantitative estimate of drug-likeness (QED) is 0.299. The number of ketones is 1. The first-order chi connectivity index (χ1) is 19.8. The van der Waals surface area contributed by atoms with E-state index in [4.69, 9.17) is 23.2 Å². The molecule has 2 aromatic heterocycles. The first kappa shape index (κ1) is 27.4. The predicted molar refractivity (Wildman–Crippen MR) is 159 cm³/mol. The number of fused-ring (bicyclic) bond motifs is 3. The summed E-state index contributed by atoms with van der Waals surface area (Å²) in [4.78, 5) is 42.2. The van der Waals surface area contributed by atoms with Crippen molar-refractivity contribution < 1.29 is 9.59 Å². The van der Waals surface area contributed by atoms with Crippen molar-refractivity contribution in [2.24, 2.45) is 0 Å². The number of imidazole rings is 1. The molecule has 210 valence electrons. The van der Waals surface area contributed by atoms with Gasteiger partial charge in [-0.1, -0.05) is 29.3 Å². The summed E-state index contributed by atoms with van der Waals surface area (Å²) in [5.74, 6) is 0.121. The molecule has 1 aliphatic carbocycles. The molecule has 2 aliphatic rings. The SMILES string of the molecule is CN(C)C1CCC(NC(=O)c2ccc(Nc3ncc4c(n3)-n3ccnc3C(c3c(Cl)cccc3Cl)C4=O)cc2)CC1. The third-order valence-electron chi connectivity index (χ3n) is 7.91. The number of halogens is 2. The molecule has 11 heteroatoms. The number of anilines is 2. The van der Waals surface area contributed by atoms with Crippen LogP contribution in [0.25, 0.3) is 5.82 Å². The van der Waals surface area contributed by atoms with Crippen molar-refractivity contribution in [1.29, 1.82) is 0 Å². The van der Waals surface area contributed by atoms with Gasteiger partial charge < -0.3 is 15.5 Å². The van der Waals surface area contributed by atoms with Crippen molar-refractivity contribution in [3.8, 4) is 5.82 Å². The zero-order chi connectivity index (χ0) is 28.7. The number of hydrogen-bond acceptors (Lipinski definition) is 7. The molecular weight excluding hydrogens is 561 g/mol. The van der Waals surface area contributed by atoms with E-state index in [-0.39, 0.29) is 17.7 Å². The molecule has 3 heterocycles. The van der Waals surface area contributed by atoms with Gasteiger partial charge in [0.2, 0.25) is 5.95 Å². The summed E-state index contributed by atoms with van der Waals surface area (Å²) in [7, 11) is 4.22. The standard InChI is InChI=1S/C30H29Cl2N7O2/c1-38(2)20-12-10-18(11-13-20)35-29(41)17-6-8-19(9-7-17)36-30-34-16-21-26(40)25(24-22(31)4-3-5-23(24)32)28-33-14-15-39(28)27(21)37-30/h3-9,14-16,18,20,25H,10-13H2,1-2H3,(H,35,41)(H,34,36,37). The molecule has 1 amide bonds. The zero-order valence-electron chi connectivity index (χ0n) is 22.6. The zero-order valence-corrected chi connectivity index (χ0v) is 24.2. The summed E-state index contributed by atoms with van der Waals surface area (Å²) in [5, 5.41) is 7.12. The lowest BCUT2D eigenvalue weighted by atomic mass is 9.88. The summed E-state index contributed by atoms with van der Waals surface area (Å²) >= 11 is 12.9. The molecule has 6 rings (SSSR count). The number of Topliss-reactive ketones (excluding diaryl/α,β-unsaturated/α-hetero) is 1. The number of nitrogens with zero attached hydrogens (tertiary/aromatic N) is 5. The van der Waals surface area contributed by atoms with Gasteiger partial charge in [0, 0.05) is 57.5 Å². The minimum absolute atomic E-state index is 0.0748. The number of aromatic nitrogens is 4. The Bertz CT molecular complexity index is 1590.